The molecular formula is C20H16Cl2N4O2S. The zero-order valence-electron chi connectivity index (χ0n) is 15.6. The van der Waals surface area contributed by atoms with Gasteiger partial charge in [-0.1, -0.05) is 40.6 Å². The number of carbonyl (C=O) groups is 1. The number of amides is 1. The highest BCUT2D eigenvalue weighted by atomic mass is 35.5. The number of hydrogen-bond donors (Lipinski definition) is 1. The molecule has 2 aromatic heterocycles. The van der Waals surface area contributed by atoms with Gasteiger partial charge in [-0.25, -0.2) is 4.98 Å². The van der Waals surface area contributed by atoms with Gasteiger partial charge in [0.15, 0.2) is 0 Å². The van der Waals surface area contributed by atoms with Crippen LogP contribution in [0.2, 0.25) is 10.0 Å². The molecule has 0 aliphatic heterocycles. The third-order valence-corrected chi connectivity index (χ3v) is 5.66. The van der Waals surface area contributed by atoms with Crippen molar-refractivity contribution in [3.05, 3.63) is 63.8 Å². The lowest BCUT2D eigenvalue weighted by atomic mass is 10.2. The number of rotatable bonds is 5. The van der Waals surface area contributed by atoms with Crippen molar-refractivity contribution in [3.63, 3.8) is 0 Å². The van der Waals surface area contributed by atoms with Gasteiger partial charge in [0.05, 0.1) is 27.6 Å². The molecule has 2 heterocycles. The molecule has 0 aliphatic rings. The Morgan fingerprint density at radius 3 is 2.86 bits per heavy atom. The fourth-order valence-corrected chi connectivity index (χ4v) is 4.19. The van der Waals surface area contributed by atoms with Crippen LogP contribution < -0.4 is 10.1 Å². The third-order valence-electron chi connectivity index (χ3n) is 4.10. The zero-order valence-corrected chi connectivity index (χ0v) is 17.9. The Kier molecular flexibility index (Phi) is 5.45. The first-order chi connectivity index (χ1) is 14.0. The average Bonchev–Trinajstić information content (AvgIpc) is 3.27. The van der Waals surface area contributed by atoms with Gasteiger partial charge in [0.25, 0.3) is 5.91 Å². The minimum Gasteiger partial charge on any atom is -0.492 e. The molecule has 0 atom stereocenters. The van der Waals surface area contributed by atoms with E-state index in [1.807, 2.05) is 32.0 Å². The summed E-state index contributed by atoms with van der Waals surface area (Å²) in [7, 11) is 0. The fraction of sp³-hybridized carbons (Fsp3) is 0.150. The van der Waals surface area contributed by atoms with E-state index < -0.39 is 0 Å². The predicted molar refractivity (Wildman–Crippen MR) is 117 cm³/mol. The molecule has 0 saturated heterocycles. The molecule has 9 heteroatoms. The zero-order chi connectivity index (χ0) is 20.5. The SMILES string of the molecule is CCOc1cccc2sc(-n3nc(C)cc3NC(=O)c3cc(Cl)ccc3Cl)nc12. The number of aromatic nitrogens is 3. The number of halogens is 2. The van der Waals surface area contributed by atoms with Gasteiger partial charge in [0, 0.05) is 11.1 Å². The summed E-state index contributed by atoms with van der Waals surface area (Å²) in [6.07, 6.45) is 0. The van der Waals surface area contributed by atoms with Gasteiger partial charge in [-0.15, -0.1) is 0 Å². The van der Waals surface area contributed by atoms with Crippen LogP contribution in [-0.2, 0) is 0 Å². The van der Waals surface area contributed by atoms with Crippen molar-refractivity contribution < 1.29 is 9.53 Å². The Bertz CT molecular complexity index is 1220. The van der Waals surface area contributed by atoms with Crippen molar-refractivity contribution in [2.75, 3.05) is 11.9 Å². The van der Waals surface area contributed by atoms with Crippen molar-refractivity contribution in [2.45, 2.75) is 13.8 Å². The highest BCUT2D eigenvalue weighted by molar-refractivity contribution is 7.20. The molecule has 2 aromatic carbocycles. The minimum atomic E-state index is -0.380. The molecule has 4 rings (SSSR count). The van der Waals surface area contributed by atoms with E-state index in [-0.39, 0.29) is 11.5 Å². The molecule has 1 amide bonds. The average molecular weight is 447 g/mol. The normalized spacial score (nSPS) is 11.0. The summed E-state index contributed by atoms with van der Waals surface area (Å²) >= 11 is 13.6. The second-order valence-corrected chi connectivity index (χ2v) is 8.05. The van der Waals surface area contributed by atoms with Crippen molar-refractivity contribution >= 4 is 56.5 Å². The van der Waals surface area contributed by atoms with E-state index in [9.17, 15) is 4.79 Å². The van der Waals surface area contributed by atoms with E-state index in [1.54, 1.807) is 22.9 Å². The van der Waals surface area contributed by atoms with Crippen LogP contribution >= 0.6 is 34.5 Å². The molecule has 0 aliphatic carbocycles. The standard InChI is InChI=1S/C20H16Cl2N4O2S/c1-3-28-15-5-4-6-16-18(15)24-20(29-16)26-17(9-11(2)25-26)23-19(27)13-10-12(21)7-8-14(13)22/h4-10H,3H2,1-2H3,(H,23,27). The molecule has 0 unspecified atom stereocenters. The minimum absolute atomic E-state index is 0.285. The van der Waals surface area contributed by atoms with Crippen LogP contribution in [0.3, 0.4) is 0 Å². The van der Waals surface area contributed by atoms with Crippen LogP contribution in [0, 0.1) is 6.92 Å². The van der Waals surface area contributed by atoms with E-state index in [2.05, 4.69) is 15.4 Å². The number of anilines is 1. The Morgan fingerprint density at radius 2 is 2.07 bits per heavy atom. The first-order valence-electron chi connectivity index (χ1n) is 8.82. The van der Waals surface area contributed by atoms with Crippen LogP contribution in [0.15, 0.2) is 42.5 Å². The second-order valence-electron chi connectivity index (χ2n) is 6.19. The number of aryl methyl sites for hydroxylation is 1. The molecule has 4 aromatic rings. The molecule has 29 heavy (non-hydrogen) atoms. The highest BCUT2D eigenvalue weighted by Gasteiger charge is 2.18. The van der Waals surface area contributed by atoms with Crippen molar-refractivity contribution in [1.29, 1.82) is 0 Å². The van der Waals surface area contributed by atoms with E-state index in [0.717, 1.165) is 15.9 Å². The molecular weight excluding hydrogens is 431 g/mol. The summed E-state index contributed by atoms with van der Waals surface area (Å²) in [5.74, 6) is 0.822. The number of nitrogens with one attached hydrogen (secondary N) is 1. The molecule has 6 nitrogen and oxygen atoms in total. The number of para-hydroxylation sites is 1. The smallest absolute Gasteiger partial charge is 0.258 e. The topological polar surface area (TPSA) is 69.0 Å². The first kappa shape index (κ1) is 19.7. The van der Waals surface area contributed by atoms with Gasteiger partial charge in [0.1, 0.15) is 17.1 Å². The van der Waals surface area contributed by atoms with Gasteiger partial charge in [-0.2, -0.15) is 9.78 Å². The molecule has 0 fully saturated rings. The van der Waals surface area contributed by atoms with Crippen LogP contribution in [0.25, 0.3) is 15.3 Å². The molecule has 1 N–H and O–H groups in total. The van der Waals surface area contributed by atoms with Gasteiger partial charge in [-0.05, 0) is 44.2 Å². The monoisotopic (exact) mass is 446 g/mol. The maximum absolute atomic E-state index is 12.8. The lowest BCUT2D eigenvalue weighted by molar-refractivity contribution is 0.102. The lowest BCUT2D eigenvalue weighted by Gasteiger charge is -2.08. The van der Waals surface area contributed by atoms with Crippen molar-refractivity contribution in [3.8, 4) is 10.9 Å². The summed E-state index contributed by atoms with van der Waals surface area (Å²) < 4.78 is 8.24. The Labute approximate surface area is 181 Å². The van der Waals surface area contributed by atoms with E-state index in [1.165, 1.54) is 17.4 Å². The summed E-state index contributed by atoms with van der Waals surface area (Å²) in [6.45, 7) is 4.32. The maximum atomic E-state index is 12.8. The summed E-state index contributed by atoms with van der Waals surface area (Å²) in [5, 5.41) is 8.70. The first-order valence-corrected chi connectivity index (χ1v) is 10.4. The molecule has 0 spiro atoms. The molecule has 0 saturated carbocycles. The highest BCUT2D eigenvalue weighted by Crippen LogP contribution is 2.33. The Balaban J connectivity index is 1.72. The maximum Gasteiger partial charge on any atom is 0.258 e. The number of nitrogens with zero attached hydrogens (tertiary/aromatic N) is 3. The van der Waals surface area contributed by atoms with Crippen LogP contribution in [0.4, 0.5) is 5.82 Å². The van der Waals surface area contributed by atoms with E-state index >= 15 is 0 Å². The van der Waals surface area contributed by atoms with Crippen LogP contribution in [0.1, 0.15) is 23.0 Å². The number of fused-ring (bicyclic) bond motifs is 1. The van der Waals surface area contributed by atoms with Gasteiger partial charge in [-0.3, -0.25) is 4.79 Å². The lowest BCUT2D eigenvalue weighted by Crippen LogP contribution is -2.15. The molecule has 148 valence electrons. The number of ether oxygens (including phenoxy) is 1. The number of benzene rings is 2. The Hall–Kier alpha value is -2.61. The van der Waals surface area contributed by atoms with Crippen LogP contribution in [-0.4, -0.2) is 27.3 Å². The van der Waals surface area contributed by atoms with Crippen molar-refractivity contribution in [2.24, 2.45) is 0 Å². The van der Waals surface area contributed by atoms with E-state index in [4.69, 9.17) is 27.9 Å². The summed E-state index contributed by atoms with van der Waals surface area (Å²) in [5.41, 5.74) is 1.78. The Morgan fingerprint density at radius 1 is 1.24 bits per heavy atom. The van der Waals surface area contributed by atoms with Gasteiger partial charge in [0.2, 0.25) is 5.13 Å². The molecule has 0 bridgehead atoms. The number of carbonyl (C=O) groups excluding carboxylic acids is 1. The van der Waals surface area contributed by atoms with Gasteiger partial charge >= 0.3 is 0 Å². The largest absolute Gasteiger partial charge is 0.492 e. The van der Waals surface area contributed by atoms with Crippen LogP contribution in [0.5, 0.6) is 5.75 Å². The predicted octanol–water partition coefficient (Wildman–Crippen LogP) is 5.75. The quantitative estimate of drug-likeness (QED) is 0.423. The number of thiazole rings is 1. The molecule has 0 radical (unpaired) electrons. The van der Waals surface area contributed by atoms with E-state index in [0.29, 0.717) is 33.4 Å². The number of hydrogen-bond acceptors (Lipinski definition) is 5. The summed E-state index contributed by atoms with van der Waals surface area (Å²) in [6, 6.07) is 12.3. The van der Waals surface area contributed by atoms with Crippen molar-refractivity contribution in [1.82, 2.24) is 14.8 Å². The fourth-order valence-electron chi connectivity index (χ4n) is 2.86. The second kappa shape index (κ2) is 8.02. The third kappa shape index (κ3) is 3.94. The van der Waals surface area contributed by atoms with Gasteiger partial charge < -0.3 is 10.1 Å². The summed E-state index contributed by atoms with van der Waals surface area (Å²) in [4.78, 5) is 17.4.